The summed E-state index contributed by atoms with van der Waals surface area (Å²) in [7, 11) is 1.63. The highest BCUT2D eigenvalue weighted by Crippen LogP contribution is 2.27. The molecule has 108 valence electrons. The zero-order chi connectivity index (χ0) is 14.8. The van der Waals surface area contributed by atoms with Crippen molar-refractivity contribution in [3.8, 4) is 5.75 Å². The molecule has 2 heterocycles. The molecular formula is C14H14N4O2S. The maximum absolute atomic E-state index is 6.02. The third kappa shape index (κ3) is 2.92. The van der Waals surface area contributed by atoms with E-state index in [0.717, 1.165) is 22.2 Å². The van der Waals surface area contributed by atoms with Crippen molar-refractivity contribution in [2.45, 2.75) is 17.9 Å². The SMILES string of the molecule is COc1ccc2cc(CSc3nnc(C)o3)c(N)nc2c1. The van der Waals surface area contributed by atoms with Gasteiger partial charge in [-0.25, -0.2) is 4.98 Å². The number of hydrogen-bond acceptors (Lipinski definition) is 7. The largest absolute Gasteiger partial charge is 0.497 e. The van der Waals surface area contributed by atoms with Gasteiger partial charge >= 0.3 is 0 Å². The molecule has 2 aromatic heterocycles. The van der Waals surface area contributed by atoms with Crippen molar-refractivity contribution in [3.63, 3.8) is 0 Å². The number of rotatable bonds is 4. The lowest BCUT2D eigenvalue weighted by atomic mass is 10.1. The molecule has 1 aromatic carbocycles. The van der Waals surface area contributed by atoms with Crippen LogP contribution in [-0.4, -0.2) is 22.3 Å². The van der Waals surface area contributed by atoms with Crippen LogP contribution in [0.5, 0.6) is 5.75 Å². The number of benzene rings is 1. The van der Waals surface area contributed by atoms with E-state index in [9.17, 15) is 0 Å². The zero-order valence-corrected chi connectivity index (χ0v) is 12.5. The lowest BCUT2D eigenvalue weighted by Gasteiger charge is -2.07. The minimum atomic E-state index is 0.500. The predicted molar refractivity (Wildman–Crippen MR) is 81.3 cm³/mol. The standard InChI is InChI=1S/C14H14N4O2S/c1-8-17-18-14(20-8)21-7-10-5-9-3-4-11(19-2)6-12(9)16-13(10)15/h3-6H,7H2,1-2H3,(H2,15,16). The molecule has 0 saturated carbocycles. The van der Waals surface area contributed by atoms with E-state index < -0.39 is 0 Å². The van der Waals surface area contributed by atoms with Gasteiger partial charge in [-0.1, -0.05) is 11.8 Å². The van der Waals surface area contributed by atoms with Crippen molar-refractivity contribution in [3.05, 3.63) is 35.7 Å². The fourth-order valence-corrected chi connectivity index (χ4v) is 2.71. The molecule has 0 fully saturated rings. The molecule has 0 amide bonds. The van der Waals surface area contributed by atoms with Crippen molar-refractivity contribution in [2.24, 2.45) is 0 Å². The molecule has 0 atom stereocenters. The Morgan fingerprint density at radius 1 is 1.29 bits per heavy atom. The second-order valence-electron chi connectivity index (χ2n) is 4.47. The zero-order valence-electron chi connectivity index (χ0n) is 11.7. The van der Waals surface area contributed by atoms with Crippen molar-refractivity contribution >= 4 is 28.5 Å². The van der Waals surface area contributed by atoms with Crippen LogP contribution >= 0.6 is 11.8 Å². The average molecular weight is 302 g/mol. The first kappa shape index (κ1) is 13.7. The van der Waals surface area contributed by atoms with Gasteiger partial charge in [0.1, 0.15) is 11.6 Å². The molecule has 0 aliphatic carbocycles. The van der Waals surface area contributed by atoms with Gasteiger partial charge < -0.3 is 14.9 Å². The summed E-state index contributed by atoms with van der Waals surface area (Å²) >= 11 is 1.44. The van der Waals surface area contributed by atoms with Gasteiger partial charge in [-0.15, -0.1) is 10.2 Å². The monoisotopic (exact) mass is 302 g/mol. The van der Waals surface area contributed by atoms with Crippen LogP contribution < -0.4 is 10.5 Å². The first-order chi connectivity index (χ1) is 10.2. The molecule has 0 radical (unpaired) electrons. The number of ether oxygens (including phenoxy) is 1. The Labute approximate surface area is 125 Å². The number of pyridine rings is 1. The molecule has 3 aromatic rings. The minimum absolute atomic E-state index is 0.500. The van der Waals surface area contributed by atoms with Crippen LogP contribution in [0.15, 0.2) is 33.9 Å². The quantitative estimate of drug-likeness (QED) is 0.741. The maximum Gasteiger partial charge on any atom is 0.276 e. The number of thioether (sulfide) groups is 1. The first-order valence-electron chi connectivity index (χ1n) is 6.32. The molecule has 0 bridgehead atoms. The summed E-state index contributed by atoms with van der Waals surface area (Å²) < 4.78 is 10.5. The number of fused-ring (bicyclic) bond motifs is 1. The number of nitrogens with two attached hydrogens (primary N) is 1. The highest BCUT2D eigenvalue weighted by molar-refractivity contribution is 7.98. The van der Waals surface area contributed by atoms with Crippen LogP contribution in [0.3, 0.4) is 0 Å². The number of nitrogens with zero attached hydrogens (tertiary/aromatic N) is 3. The van der Waals surface area contributed by atoms with Crippen molar-refractivity contribution in [1.82, 2.24) is 15.2 Å². The van der Waals surface area contributed by atoms with E-state index in [1.54, 1.807) is 14.0 Å². The fraction of sp³-hybridized carbons (Fsp3) is 0.214. The molecule has 21 heavy (non-hydrogen) atoms. The smallest absolute Gasteiger partial charge is 0.276 e. The number of methoxy groups -OCH3 is 1. The fourth-order valence-electron chi connectivity index (χ4n) is 1.92. The van der Waals surface area contributed by atoms with E-state index in [0.29, 0.717) is 22.7 Å². The van der Waals surface area contributed by atoms with Crippen LogP contribution in [0.2, 0.25) is 0 Å². The van der Waals surface area contributed by atoms with E-state index in [4.69, 9.17) is 14.9 Å². The van der Waals surface area contributed by atoms with E-state index in [1.807, 2.05) is 24.3 Å². The highest BCUT2D eigenvalue weighted by Gasteiger charge is 2.09. The Bertz CT molecular complexity index is 788. The van der Waals surface area contributed by atoms with Crippen molar-refractivity contribution in [1.29, 1.82) is 0 Å². The van der Waals surface area contributed by atoms with Gasteiger partial charge in [-0.3, -0.25) is 0 Å². The maximum atomic E-state index is 6.02. The summed E-state index contributed by atoms with van der Waals surface area (Å²) in [4.78, 5) is 4.42. The Hall–Kier alpha value is -2.28. The van der Waals surface area contributed by atoms with Gasteiger partial charge in [0.05, 0.1) is 12.6 Å². The lowest BCUT2D eigenvalue weighted by Crippen LogP contribution is -1.97. The normalized spacial score (nSPS) is 11.0. The topological polar surface area (TPSA) is 87.1 Å². The molecule has 2 N–H and O–H groups in total. The van der Waals surface area contributed by atoms with Crippen molar-refractivity contribution < 1.29 is 9.15 Å². The Morgan fingerprint density at radius 3 is 2.86 bits per heavy atom. The molecule has 6 nitrogen and oxygen atoms in total. The van der Waals surface area contributed by atoms with Gasteiger partial charge in [-0.2, -0.15) is 0 Å². The van der Waals surface area contributed by atoms with E-state index in [2.05, 4.69) is 15.2 Å². The first-order valence-corrected chi connectivity index (χ1v) is 7.30. The highest BCUT2D eigenvalue weighted by atomic mass is 32.2. The molecule has 7 heteroatoms. The number of anilines is 1. The lowest BCUT2D eigenvalue weighted by molar-refractivity contribution is 0.415. The number of nitrogen functional groups attached to an aromatic ring is 1. The van der Waals surface area contributed by atoms with Crippen LogP contribution in [0.1, 0.15) is 11.5 Å². The summed E-state index contributed by atoms with van der Waals surface area (Å²) in [6, 6.07) is 7.75. The van der Waals surface area contributed by atoms with Crippen LogP contribution in [0.25, 0.3) is 10.9 Å². The molecule has 0 saturated heterocycles. The average Bonchev–Trinajstić information content (AvgIpc) is 2.90. The third-order valence-electron chi connectivity index (χ3n) is 3.00. The summed E-state index contributed by atoms with van der Waals surface area (Å²) in [6.07, 6.45) is 0. The molecule has 3 rings (SSSR count). The van der Waals surface area contributed by atoms with Gasteiger partial charge in [0.15, 0.2) is 0 Å². The second-order valence-corrected chi connectivity index (χ2v) is 5.39. The summed E-state index contributed by atoms with van der Waals surface area (Å²) in [5.74, 6) is 2.44. The second kappa shape index (κ2) is 5.61. The predicted octanol–water partition coefficient (Wildman–Crippen LogP) is 2.81. The van der Waals surface area contributed by atoms with Gasteiger partial charge in [0, 0.05) is 29.7 Å². The third-order valence-corrected chi connectivity index (χ3v) is 3.86. The van der Waals surface area contributed by atoms with E-state index in [1.165, 1.54) is 11.8 Å². The summed E-state index contributed by atoms with van der Waals surface area (Å²) in [5.41, 5.74) is 7.77. The number of aryl methyl sites for hydroxylation is 1. The van der Waals surface area contributed by atoms with Crippen molar-refractivity contribution in [2.75, 3.05) is 12.8 Å². The molecule has 0 aliphatic heterocycles. The minimum Gasteiger partial charge on any atom is -0.497 e. The molecule has 0 aliphatic rings. The van der Waals surface area contributed by atoms with E-state index >= 15 is 0 Å². The molecule has 0 spiro atoms. The van der Waals surface area contributed by atoms with Gasteiger partial charge in [0.2, 0.25) is 5.89 Å². The molecular weight excluding hydrogens is 288 g/mol. The summed E-state index contributed by atoms with van der Waals surface area (Å²) in [6.45, 7) is 1.76. The van der Waals surface area contributed by atoms with Crippen LogP contribution in [0.4, 0.5) is 5.82 Å². The molecule has 0 unspecified atom stereocenters. The summed E-state index contributed by atoms with van der Waals surface area (Å²) in [5, 5.41) is 9.28. The Morgan fingerprint density at radius 2 is 2.14 bits per heavy atom. The Kier molecular flexibility index (Phi) is 3.66. The van der Waals surface area contributed by atoms with Crippen LogP contribution in [-0.2, 0) is 5.75 Å². The van der Waals surface area contributed by atoms with E-state index in [-0.39, 0.29) is 0 Å². The number of aromatic nitrogens is 3. The van der Waals surface area contributed by atoms with Crippen LogP contribution in [0, 0.1) is 6.92 Å². The Balaban J connectivity index is 1.86. The van der Waals surface area contributed by atoms with Gasteiger partial charge in [0.25, 0.3) is 5.22 Å². The number of hydrogen-bond donors (Lipinski definition) is 1. The van der Waals surface area contributed by atoms with Gasteiger partial charge in [-0.05, 0) is 18.2 Å².